The number of nitrogens with zero attached hydrogens (tertiary/aromatic N) is 1. The number of amides is 1. The summed E-state index contributed by atoms with van der Waals surface area (Å²) in [5.41, 5.74) is 0.700. The zero-order valence-corrected chi connectivity index (χ0v) is 15.5. The normalized spacial score (nSPS) is 13.4. The maximum absolute atomic E-state index is 12.2. The fraction of sp³-hybridized carbons (Fsp3) is 0.316. The third kappa shape index (κ3) is 4.43. The first-order chi connectivity index (χ1) is 13.5. The Morgan fingerprint density at radius 1 is 1.18 bits per heavy atom. The van der Waals surface area contributed by atoms with Gasteiger partial charge in [0.2, 0.25) is 0 Å². The van der Waals surface area contributed by atoms with Crippen molar-refractivity contribution in [3.8, 4) is 23.0 Å². The number of ether oxygens (including phenoxy) is 4. The highest BCUT2D eigenvalue weighted by atomic mass is 16.6. The lowest BCUT2D eigenvalue weighted by Crippen LogP contribution is -2.31. The molecule has 0 spiro atoms. The van der Waals surface area contributed by atoms with Gasteiger partial charge in [0.1, 0.15) is 13.2 Å². The number of nitrogens with one attached hydrogen (secondary N) is 1. The average molecular weight is 388 g/mol. The van der Waals surface area contributed by atoms with Crippen molar-refractivity contribution >= 4 is 11.6 Å². The zero-order chi connectivity index (χ0) is 20.1. The van der Waals surface area contributed by atoms with E-state index in [0.29, 0.717) is 30.5 Å². The molecule has 0 radical (unpaired) electrons. The summed E-state index contributed by atoms with van der Waals surface area (Å²) in [4.78, 5) is 22.6. The Hall–Kier alpha value is -3.49. The highest BCUT2D eigenvalue weighted by Gasteiger charge is 2.17. The summed E-state index contributed by atoms with van der Waals surface area (Å²) >= 11 is 0. The molecule has 1 heterocycles. The highest BCUT2D eigenvalue weighted by Crippen LogP contribution is 2.33. The topological polar surface area (TPSA) is 109 Å². The van der Waals surface area contributed by atoms with Crippen molar-refractivity contribution < 1.29 is 28.7 Å². The number of fused-ring (bicyclic) bond motifs is 1. The molecule has 2 aromatic carbocycles. The van der Waals surface area contributed by atoms with E-state index in [-0.39, 0.29) is 30.0 Å². The molecule has 148 valence electrons. The lowest BCUT2D eigenvalue weighted by Gasteiger charge is -2.21. The summed E-state index contributed by atoms with van der Waals surface area (Å²) in [7, 11) is 1.41. The van der Waals surface area contributed by atoms with E-state index in [2.05, 4.69) is 5.32 Å². The van der Waals surface area contributed by atoms with E-state index in [9.17, 15) is 14.9 Å². The predicted molar refractivity (Wildman–Crippen MR) is 99.1 cm³/mol. The number of non-ortho nitro benzene ring substituents is 1. The highest BCUT2D eigenvalue weighted by molar-refractivity contribution is 5.78. The number of benzene rings is 2. The average Bonchev–Trinajstić information content (AvgIpc) is 2.71. The summed E-state index contributed by atoms with van der Waals surface area (Å²) in [6, 6.07) is 9.12. The standard InChI is InChI=1S/C19H20N2O7/c1-12(13-3-5-16-17(9-13)27-8-7-26-16)20-19(22)11-28-18-10-14(21(23)24)4-6-15(18)25-2/h3-6,9-10,12H,7-8,11H2,1-2H3,(H,20,22)/t12-/m1/s1. The van der Waals surface area contributed by atoms with E-state index in [1.165, 1.54) is 25.3 Å². The van der Waals surface area contributed by atoms with Crippen LogP contribution in [0.4, 0.5) is 5.69 Å². The predicted octanol–water partition coefficient (Wildman–Crippen LogP) is 2.63. The van der Waals surface area contributed by atoms with Crippen molar-refractivity contribution in [2.75, 3.05) is 26.9 Å². The minimum atomic E-state index is -0.545. The van der Waals surface area contributed by atoms with E-state index in [1.807, 2.05) is 19.1 Å². The second-order valence-electron chi connectivity index (χ2n) is 6.07. The summed E-state index contributed by atoms with van der Waals surface area (Å²) < 4.78 is 21.6. The van der Waals surface area contributed by atoms with Crippen molar-refractivity contribution in [1.82, 2.24) is 5.32 Å². The largest absolute Gasteiger partial charge is 0.493 e. The minimum absolute atomic E-state index is 0.124. The molecule has 0 unspecified atom stereocenters. The van der Waals surface area contributed by atoms with Crippen molar-refractivity contribution in [1.29, 1.82) is 0 Å². The van der Waals surface area contributed by atoms with E-state index in [1.54, 1.807) is 6.07 Å². The third-order valence-electron chi connectivity index (χ3n) is 4.16. The van der Waals surface area contributed by atoms with E-state index in [0.717, 1.165) is 5.56 Å². The fourth-order valence-electron chi connectivity index (χ4n) is 2.73. The van der Waals surface area contributed by atoms with Crippen LogP contribution in [0, 0.1) is 10.1 Å². The van der Waals surface area contributed by atoms with E-state index >= 15 is 0 Å². The van der Waals surface area contributed by atoms with Crippen LogP contribution >= 0.6 is 0 Å². The van der Waals surface area contributed by atoms with Crippen LogP contribution in [0.2, 0.25) is 0 Å². The molecule has 0 saturated carbocycles. The molecule has 1 atom stereocenters. The molecule has 1 N–H and O–H groups in total. The molecule has 0 bridgehead atoms. The van der Waals surface area contributed by atoms with Gasteiger partial charge in [0.15, 0.2) is 29.6 Å². The van der Waals surface area contributed by atoms with Gasteiger partial charge < -0.3 is 24.3 Å². The number of hydrogen-bond acceptors (Lipinski definition) is 7. The van der Waals surface area contributed by atoms with Gasteiger partial charge in [0, 0.05) is 6.07 Å². The van der Waals surface area contributed by atoms with Crippen molar-refractivity contribution in [3.05, 3.63) is 52.1 Å². The molecule has 1 aliphatic rings. The number of hydrogen-bond donors (Lipinski definition) is 1. The molecule has 1 aliphatic heterocycles. The molecule has 28 heavy (non-hydrogen) atoms. The van der Waals surface area contributed by atoms with Crippen LogP contribution in [0.5, 0.6) is 23.0 Å². The van der Waals surface area contributed by atoms with E-state index < -0.39 is 4.92 Å². The SMILES string of the molecule is COc1ccc([N+](=O)[O-])cc1OCC(=O)N[C@H](C)c1ccc2c(c1)OCCO2. The smallest absolute Gasteiger partial charge is 0.273 e. The Kier molecular flexibility index (Phi) is 5.83. The minimum Gasteiger partial charge on any atom is -0.493 e. The Morgan fingerprint density at radius 3 is 2.64 bits per heavy atom. The van der Waals surface area contributed by atoms with Gasteiger partial charge in [-0.25, -0.2) is 0 Å². The summed E-state index contributed by atoms with van der Waals surface area (Å²) in [6.45, 7) is 2.51. The molecule has 0 saturated heterocycles. The number of nitro benzene ring substituents is 1. The molecular weight excluding hydrogens is 368 g/mol. The fourth-order valence-corrected chi connectivity index (χ4v) is 2.73. The summed E-state index contributed by atoms with van der Waals surface area (Å²) in [5.74, 6) is 1.37. The van der Waals surface area contributed by atoms with Gasteiger partial charge in [-0.1, -0.05) is 6.07 Å². The Bertz CT molecular complexity index is 885. The first-order valence-corrected chi connectivity index (χ1v) is 8.62. The molecule has 0 aromatic heterocycles. The van der Waals surface area contributed by atoms with Gasteiger partial charge in [0.05, 0.1) is 24.1 Å². The van der Waals surface area contributed by atoms with Crippen LogP contribution in [0.3, 0.4) is 0 Å². The van der Waals surface area contributed by atoms with Gasteiger partial charge in [0.25, 0.3) is 11.6 Å². The van der Waals surface area contributed by atoms with Gasteiger partial charge >= 0.3 is 0 Å². The molecule has 3 rings (SSSR count). The first-order valence-electron chi connectivity index (χ1n) is 8.62. The maximum atomic E-state index is 12.2. The zero-order valence-electron chi connectivity index (χ0n) is 15.5. The van der Waals surface area contributed by atoms with Gasteiger partial charge in [-0.15, -0.1) is 0 Å². The number of nitro groups is 1. The van der Waals surface area contributed by atoms with Crippen molar-refractivity contribution in [2.45, 2.75) is 13.0 Å². The number of methoxy groups -OCH3 is 1. The Labute approximate surface area is 161 Å². The van der Waals surface area contributed by atoms with Crippen LogP contribution in [0.15, 0.2) is 36.4 Å². The van der Waals surface area contributed by atoms with Crippen molar-refractivity contribution in [3.63, 3.8) is 0 Å². The molecule has 1 amide bonds. The van der Waals surface area contributed by atoms with Gasteiger partial charge in [-0.2, -0.15) is 0 Å². The monoisotopic (exact) mass is 388 g/mol. The maximum Gasteiger partial charge on any atom is 0.273 e. The Morgan fingerprint density at radius 2 is 1.93 bits per heavy atom. The molecule has 2 aromatic rings. The van der Waals surface area contributed by atoms with Crippen LogP contribution in [0.25, 0.3) is 0 Å². The van der Waals surface area contributed by atoms with E-state index in [4.69, 9.17) is 18.9 Å². The third-order valence-corrected chi connectivity index (χ3v) is 4.16. The van der Waals surface area contributed by atoms with Crippen LogP contribution < -0.4 is 24.3 Å². The van der Waals surface area contributed by atoms with Crippen LogP contribution in [-0.4, -0.2) is 37.8 Å². The van der Waals surface area contributed by atoms with Gasteiger partial charge in [-0.05, 0) is 30.7 Å². The summed E-state index contributed by atoms with van der Waals surface area (Å²) in [5, 5.41) is 13.7. The number of carbonyl (C=O) groups is 1. The molecule has 0 aliphatic carbocycles. The molecular formula is C19H20N2O7. The molecule has 9 heteroatoms. The Balaban J connectivity index is 1.61. The van der Waals surface area contributed by atoms with Crippen LogP contribution in [-0.2, 0) is 4.79 Å². The number of carbonyl (C=O) groups excluding carboxylic acids is 1. The first kappa shape index (κ1) is 19.3. The molecule has 9 nitrogen and oxygen atoms in total. The quantitative estimate of drug-likeness (QED) is 0.573. The second kappa shape index (κ2) is 8.47. The lowest BCUT2D eigenvalue weighted by atomic mass is 10.1. The van der Waals surface area contributed by atoms with Crippen molar-refractivity contribution in [2.24, 2.45) is 0 Å². The van der Waals surface area contributed by atoms with Crippen LogP contribution in [0.1, 0.15) is 18.5 Å². The number of rotatable bonds is 7. The second-order valence-corrected chi connectivity index (χ2v) is 6.07. The van der Waals surface area contributed by atoms with Gasteiger partial charge in [-0.3, -0.25) is 14.9 Å². The lowest BCUT2D eigenvalue weighted by molar-refractivity contribution is -0.385. The summed E-state index contributed by atoms with van der Waals surface area (Å²) in [6.07, 6.45) is 0. The molecule has 0 fully saturated rings.